The highest BCUT2D eigenvalue weighted by Gasteiger charge is 2.09. The van der Waals surface area contributed by atoms with Crippen molar-refractivity contribution in [1.29, 1.82) is 0 Å². The van der Waals surface area contributed by atoms with Gasteiger partial charge in [0.15, 0.2) is 5.82 Å². The zero-order valence-corrected chi connectivity index (χ0v) is 10.8. The fraction of sp³-hybridized carbons (Fsp3) is 0.154. The van der Waals surface area contributed by atoms with Crippen LogP contribution in [-0.4, -0.2) is 30.0 Å². The molecule has 0 bridgehead atoms. The third-order valence-corrected chi connectivity index (χ3v) is 2.58. The van der Waals surface area contributed by atoms with Gasteiger partial charge in [-0.1, -0.05) is 0 Å². The Morgan fingerprint density at radius 2 is 2.11 bits per heavy atom. The maximum atomic E-state index is 12.0. The third-order valence-electron chi connectivity index (χ3n) is 2.58. The van der Waals surface area contributed by atoms with E-state index in [2.05, 4.69) is 15.3 Å². The van der Waals surface area contributed by atoms with Gasteiger partial charge in [-0.05, 0) is 18.2 Å². The summed E-state index contributed by atoms with van der Waals surface area (Å²) in [5.41, 5.74) is 7.81. The minimum Gasteiger partial charge on any atom is -0.397 e. The number of carbonyl (C=O) groups is 1. The van der Waals surface area contributed by atoms with Gasteiger partial charge in [0.05, 0.1) is 17.6 Å². The Morgan fingerprint density at radius 1 is 1.32 bits per heavy atom. The standard InChI is InChI=1S/C13H15N5O/c1-18(2)11-4-3-9(7-10(11)14)13(19)17-12-8-15-5-6-16-12/h3-8H,14H2,1-2H3,(H,16,17,19). The lowest BCUT2D eigenvalue weighted by molar-refractivity contribution is 0.102. The summed E-state index contributed by atoms with van der Waals surface area (Å²) in [5, 5.41) is 2.65. The van der Waals surface area contributed by atoms with Crippen molar-refractivity contribution >= 4 is 23.1 Å². The highest BCUT2D eigenvalue weighted by atomic mass is 16.1. The van der Waals surface area contributed by atoms with Crippen molar-refractivity contribution in [2.24, 2.45) is 0 Å². The molecule has 1 heterocycles. The van der Waals surface area contributed by atoms with Gasteiger partial charge in [-0.25, -0.2) is 4.98 Å². The number of aromatic nitrogens is 2. The molecule has 0 aliphatic heterocycles. The number of nitrogens with two attached hydrogens (primary N) is 1. The van der Waals surface area contributed by atoms with Crippen molar-refractivity contribution in [1.82, 2.24) is 9.97 Å². The molecule has 0 aliphatic rings. The molecule has 0 fully saturated rings. The summed E-state index contributed by atoms with van der Waals surface area (Å²) in [4.78, 5) is 21.7. The number of carbonyl (C=O) groups excluding carboxylic acids is 1. The van der Waals surface area contributed by atoms with E-state index >= 15 is 0 Å². The molecule has 98 valence electrons. The Labute approximate surface area is 111 Å². The van der Waals surface area contributed by atoms with Gasteiger partial charge in [-0.15, -0.1) is 0 Å². The normalized spacial score (nSPS) is 10.0. The number of rotatable bonds is 3. The smallest absolute Gasteiger partial charge is 0.256 e. The van der Waals surface area contributed by atoms with Crippen LogP contribution in [0.3, 0.4) is 0 Å². The molecule has 0 unspecified atom stereocenters. The van der Waals surface area contributed by atoms with Crippen LogP contribution in [0, 0.1) is 0 Å². The van der Waals surface area contributed by atoms with Crippen molar-refractivity contribution in [3.05, 3.63) is 42.4 Å². The average Bonchev–Trinajstić information content (AvgIpc) is 2.39. The lowest BCUT2D eigenvalue weighted by Crippen LogP contribution is -2.15. The van der Waals surface area contributed by atoms with Crippen molar-refractivity contribution < 1.29 is 4.79 Å². The minimum absolute atomic E-state index is 0.266. The van der Waals surface area contributed by atoms with Crippen LogP contribution >= 0.6 is 0 Å². The SMILES string of the molecule is CN(C)c1ccc(C(=O)Nc2cnccn2)cc1N. The molecule has 1 aromatic heterocycles. The van der Waals surface area contributed by atoms with Crippen LogP contribution in [-0.2, 0) is 0 Å². The Bertz CT molecular complexity index is 583. The Kier molecular flexibility index (Phi) is 3.61. The number of hydrogen-bond donors (Lipinski definition) is 2. The monoisotopic (exact) mass is 257 g/mol. The Morgan fingerprint density at radius 3 is 2.68 bits per heavy atom. The van der Waals surface area contributed by atoms with E-state index in [1.165, 1.54) is 12.4 Å². The van der Waals surface area contributed by atoms with Crippen LogP contribution in [0.4, 0.5) is 17.2 Å². The first-order chi connectivity index (χ1) is 9.08. The minimum atomic E-state index is -0.266. The molecule has 0 radical (unpaired) electrons. The molecule has 19 heavy (non-hydrogen) atoms. The van der Waals surface area contributed by atoms with E-state index in [9.17, 15) is 4.79 Å². The molecule has 0 spiro atoms. The first-order valence-corrected chi connectivity index (χ1v) is 5.72. The number of anilines is 3. The van der Waals surface area contributed by atoms with Gasteiger partial charge in [0.2, 0.25) is 0 Å². The summed E-state index contributed by atoms with van der Waals surface area (Å²) in [6, 6.07) is 5.17. The first-order valence-electron chi connectivity index (χ1n) is 5.72. The van der Waals surface area contributed by atoms with Crippen LogP contribution in [0.15, 0.2) is 36.8 Å². The fourth-order valence-electron chi connectivity index (χ4n) is 1.66. The number of amides is 1. The van der Waals surface area contributed by atoms with Crippen molar-refractivity contribution in [2.45, 2.75) is 0 Å². The maximum absolute atomic E-state index is 12.0. The quantitative estimate of drug-likeness (QED) is 0.811. The van der Waals surface area contributed by atoms with Gasteiger partial charge in [0, 0.05) is 32.1 Å². The zero-order valence-electron chi connectivity index (χ0n) is 10.8. The fourth-order valence-corrected chi connectivity index (χ4v) is 1.66. The van der Waals surface area contributed by atoms with Gasteiger partial charge < -0.3 is 16.0 Å². The van der Waals surface area contributed by atoms with E-state index in [-0.39, 0.29) is 5.91 Å². The highest BCUT2D eigenvalue weighted by Crippen LogP contribution is 2.22. The predicted molar refractivity (Wildman–Crippen MR) is 75.2 cm³/mol. The highest BCUT2D eigenvalue weighted by molar-refractivity contribution is 6.04. The van der Waals surface area contributed by atoms with Crippen LogP contribution < -0.4 is 16.0 Å². The second kappa shape index (κ2) is 5.34. The topological polar surface area (TPSA) is 84.1 Å². The molecule has 2 aromatic rings. The van der Waals surface area contributed by atoms with Gasteiger partial charge in [0.25, 0.3) is 5.91 Å². The molecule has 3 N–H and O–H groups in total. The van der Waals surface area contributed by atoms with Gasteiger partial charge in [-0.3, -0.25) is 9.78 Å². The summed E-state index contributed by atoms with van der Waals surface area (Å²) in [5.74, 6) is 0.139. The second-order valence-corrected chi connectivity index (χ2v) is 4.21. The van der Waals surface area contributed by atoms with E-state index < -0.39 is 0 Å². The molecule has 1 amide bonds. The molecule has 0 saturated heterocycles. The number of nitrogen functional groups attached to an aromatic ring is 1. The number of nitrogens with zero attached hydrogens (tertiary/aromatic N) is 3. The van der Waals surface area contributed by atoms with E-state index in [4.69, 9.17) is 5.73 Å². The Balaban J connectivity index is 2.18. The average molecular weight is 257 g/mol. The van der Waals surface area contributed by atoms with E-state index in [0.29, 0.717) is 17.1 Å². The molecule has 2 rings (SSSR count). The van der Waals surface area contributed by atoms with Crippen LogP contribution in [0.1, 0.15) is 10.4 Å². The van der Waals surface area contributed by atoms with Crippen LogP contribution in [0.25, 0.3) is 0 Å². The molecular formula is C13H15N5O. The molecule has 0 aliphatic carbocycles. The lowest BCUT2D eigenvalue weighted by Gasteiger charge is -2.15. The first kappa shape index (κ1) is 12.8. The third kappa shape index (κ3) is 2.98. The summed E-state index contributed by atoms with van der Waals surface area (Å²) >= 11 is 0. The summed E-state index contributed by atoms with van der Waals surface area (Å²) in [6.07, 6.45) is 4.54. The number of benzene rings is 1. The molecule has 1 aromatic carbocycles. The molecule has 0 atom stereocenters. The number of hydrogen-bond acceptors (Lipinski definition) is 5. The van der Waals surface area contributed by atoms with Gasteiger partial charge in [-0.2, -0.15) is 0 Å². The molecule has 6 nitrogen and oxygen atoms in total. The number of nitrogens with one attached hydrogen (secondary N) is 1. The summed E-state index contributed by atoms with van der Waals surface area (Å²) in [7, 11) is 3.79. The summed E-state index contributed by atoms with van der Waals surface area (Å²) < 4.78 is 0. The molecule has 0 saturated carbocycles. The van der Waals surface area contributed by atoms with Crippen molar-refractivity contribution in [3.63, 3.8) is 0 Å². The van der Waals surface area contributed by atoms with Crippen molar-refractivity contribution in [2.75, 3.05) is 30.0 Å². The Hall–Kier alpha value is -2.63. The van der Waals surface area contributed by atoms with Gasteiger partial charge >= 0.3 is 0 Å². The maximum Gasteiger partial charge on any atom is 0.256 e. The zero-order chi connectivity index (χ0) is 13.8. The van der Waals surface area contributed by atoms with E-state index in [1.807, 2.05) is 19.0 Å². The van der Waals surface area contributed by atoms with E-state index in [0.717, 1.165) is 5.69 Å². The van der Waals surface area contributed by atoms with Crippen LogP contribution in [0.5, 0.6) is 0 Å². The molecular weight excluding hydrogens is 242 g/mol. The largest absolute Gasteiger partial charge is 0.397 e. The van der Waals surface area contributed by atoms with Gasteiger partial charge in [0.1, 0.15) is 0 Å². The second-order valence-electron chi connectivity index (χ2n) is 4.21. The predicted octanol–water partition coefficient (Wildman–Crippen LogP) is 1.38. The van der Waals surface area contributed by atoms with Crippen molar-refractivity contribution in [3.8, 4) is 0 Å². The van der Waals surface area contributed by atoms with E-state index in [1.54, 1.807) is 24.4 Å². The van der Waals surface area contributed by atoms with Crippen LogP contribution in [0.2, 0.25) is 0 Å². The molecule has 6 heteroatoms. The summed E-state index contributed by atoms with van der Waals surface area (Å²) in [6.45, 7) is 0. The lowest BCUT2D eigenvalue weighted by atomic mass is 10.1.